The standard InChI is InChI=1S/C14H11F3N2O3/c1-21-13(20)10-6-12(19-7-11(10)18)8-3-2-4-9(5-8)22-14(15,16)17/h2-7H,18H2,1H3. The third-order valence-corrected chi connectivity index (χ3v) is 2.70. The van der Waals surface area contributed by atoms with Gasteiger partial charge in [0.05, 0.1) is 30.3 Å². The van der Waals surface area contributed by atoms with Crippen LogP contribution in [0, 0.1) is 0 Å². The highest BCUT2D eigenvalue weighted by molar-refractivity contribution is 5.95. The molecular formula is C14H11F3N2O3. The number of methoxy groups -OCH3 is 1. The number of pyridine rings is 1. The van der Waals surface area contributed by atoms with E-state index in [1.807, 2.05) is 0 Å². The lowest BCUT2D eigenvalue weighted by molar-refractivity contribution is -0.274. The van der Waals surface area contributed by atoms with Crippen molar-refractivity contribution >= 4 is 11.7 Å². The Morgan fingerprint density at radius 3 is 2.64 bits per heavy atom. The predicted molar refractivity (Wildman–Crippen MR) is 72.1 cm³/mol. The largest absolute Gasteiger partial charge is 0.573 e. The fraction of sp³-hybridized carbons (Fsp3) is 0.143. The number of hydrogen-bond acceptors (Lipinski definition) is 5. The van der Waals surface area contributed by atoms with E-state index in [0.29, 0.717) is 5.56 Å². The average molecular weight is 312 g/mol. The van der Waals surface area contributed by atoms with E-state index in [1.54, 1.807) is 0 Å². The first kappa shape index (κ1) is 15.6. The first-order valence-electron chi connectivity index (χ1n) is 6.00. The molecule has 1 aromatic heterocycles. The monoisotopic (exact) mass is 312 g/mol. The van der Waals surface area contributed by atoms with Gasteiger partial charge in [-0.1, -0.05) is 12.1 Å². The zero-order chi connectivity index (χ0) is 16.3. The number of hydrogen-bond donors (Lipinski definition) is 1. The molecule has 2 aromatic rings. The molecule has 1 heterocycles. The van der Waals surface area contributed by atoms with Crippen LogP contribution in [0.2, 0.25) is 0 Å². The molecule has 8 heteroatoms. The summed E-state index contributed by atoms with van der Waals surface area (Å²) in [6, 6.07) is 6.57. The molecule has 0 radical (unpaired) electrons. The molecule has 0 fully saturated rings. The number of rotatable bonds is 3. The summed E-state index contributed by atoms with van der Waals surface area (Å²) in [5.41, 5.74) is 6.41. The van der Waals surface area contributed by atoms with Gasteiger partial charge in [-0.25, -0.2) is 4.79 Å². The van der Waals surface area contributed by atoms with Crippen molar-refractivity contribution in [1.29, 1.82) is 0 Å². The van der Waals surface area contributed by atoms with Crippen LogP contribution in [0.3, 0.4) is 0 Å². The second-order valence-corrected chi connectivity index (χ2v) is 4.22. The number of nitrogen functional groups attached to an aromatic ring is 1. The molecule has 0 saturated carbocycles. The maximum atomic E-state index is 12.2. The van der Waals surface area contributed by atoms with E-state index >= 15 is 0 Å². The topological polar surface area (TPSA) is 74.4 Å². The fourth-order valence-corrected chi connectivity index (χ4v) is 1.76. The van der Waals surface area contributed by atoms with Crippen molar-refractivity contribution in [3.63, 3.8) is 0 Å². The molecule has 0 aliphatic heterocycles. The van der Waals surface area contributed by atoms with Crippen molar-refractivity contribution in [1.82, 2.24) is 4.98 Å². The number of ether oxygens (including phenoxy) is 2. The van der Waals surface area contributed by atoms with Crippen molar-refractivity contribution in [2.45, 2.75) is 6.36 Å². The summed E-state index contributed by atoms with van der Waals surface area (Å²) in [6.45, 7) is 0. The summed E-state index contributed by atoms with van der Waals surface area (Å²) in [7, 11) is 1.19. The predicted octanol–water partition coefficient (Wildman–Crippen LogP) is 3.02. The van der Waals surface area contributed by atoms with Crippen LogP contribution < -0.4 is 10.5 Å². The van der Waals surface area contributed by atoms with E-state index in [1.165, 1.54) is 31.5 Å². The fourth-order valence-electron chi connectivity index (χ4n) is 1.76. The number of carbonyl (C=O) groups is 1. The van der Waals surface area contributed by atoms with Gasteiger partial charge >= 0.3 is 12.3 Å². The minimum atomic E-state index is -4.79. The lowest BCUT2D eigenvalue weighted by Crippen LogP contribution is -2.17. The Morgan fingerprint density at radius 1 is 1.27 bits per heavy atom. The molecule has 0 spiro atoms. The Labute approximate surface area is 123 Å². The minimum Gasteiger partial charge on any atom is -0.465 e. The van der Waals surface area contributed by atoms with Crippen LogP contribution in [0.1, 0.15) is 10.4 Å². The summed E-state index contributed by atoms with van der Waals surface area (Å²) < 4.78 is 45.1. The molecule has 116 valence electrons. The van der Waals surface area contributed by atoms with E-state index < -0.39 is 12.3 Å². The second-order valence-electron chi connectivity index (χ2n) is 4.22. The lowest BCUT2D eigenvalue weighted by Gasteiger charge is -2.10. The van der Waals surface area contributed by atoms with Gasteiger partial charge < -0.3 is 15.2 Å². The third-order valence-electron chi connectivity index (χ3n) is 2.70. The number of anilines is 1. The molecule has 2 N–H and O–H groups in total. The Morgan fingerprint density at radius 2 is 2.00 bits per heavy atom. The van der Waals surface area contributed by atoms with Gasteiger partial charge in [0.2, 0.25) is 0 Å². The molecular weight excluding hydrogens is 301 g/mol. The van der Waals surface area contributed by atoms with E-state index in [4.69, 9.17) is 5.73 Å². The Bertz CT molecular complexity index is 702. The number of carbonyl (C=O) groups excluding carboxylic acids is 1. The Hall–Kier alpha value is -2.77. The SMILES string of the molecule is COC(=O)c1cc(-c2cccc(OC(F)(F)F)c2)ncc1N. The maximum Gasteiger partial charge on any atom is 0.573 e. The van der Waals surface area contributed by atoms with E-state index in [9.17, 15) is 18.0 Å². The van der Waals surface area contributed by atoms with Gasteiger partial charge in [0.25, 0.3) is 0 Å². The van der Waals surface area contributed by atoms with Gasteiger partial charge in [0.1, 0.15) is 5.75 Å². The minimum absolute atomic E-state index is 0.0784. The maximum absolute atomic E-state index is 12.2. The third kappa shape index (κ3) is 3.66. The van der Waals surface area contributed by atoms with Crippen LogP contribution >= 0.6 is 0 Å². The summed E-state index contributed by atoms with van der Waals surface area (Å²) in [5, 5.41) is 0. The summed E-state index contributed by atoms with van der Waals surface area (Å²) in [6.07, 6.45) is -3.55. The number of alkyl halides is 3. The molecule has 0 atom stereocenters. The highest BCUT2D eigenvalue weighted by atomic mass is 19.4. The molecule has 1 aromatic carbocycles. The molecule has 0 unspecified atom stereocenters. The van der Waals surface area contributed by atoms with Crippen molar-refractivity contribution in [3.8, 4) is 17.0 Å². The summed E-state index contributed by atoms with van der Waals surface area (Å²) >= 11 is 0. The Kier molecular flexibility index (Phi) is 4.20. The molecule has 0 amide bonds. The van der Waals surface area contributed by atoms with E-state index in [2.05, 4.69) is 14.5 Å². The van der Waals surface area contributed by atoms with Gasteiger partial charge in [-0.05, 0) is 18.2 Å². The van der Waals surface area contributed by atoms with Crippen LogP contribution in [0.5, 0.6) is 5.75 Å². The number of benzene rings is 1. The van der Waals surface area contributed by atoms with Crippen molar-refractivity contribution in [2.24, 2.45) is 0 Å². The van der Waals surface area contributed by atoms with Gasteiger partial charge in [0, 0.05) is 5.56 Å². The zero-order valence-electron chi connectivity index (χ0n) is 11.3. The Balaban J connectivity index is 2.40. The average Bonchev–Trinajstić information content (AvgIpc) is 2.45. The molecule has 0 aliphatic carbocycles. The highest BCUT2D eigenvalue weighted by Gasteiger charge is 2.31. The summed E-state index contributed by atoms with van der Waals surface area (Å²) in [4.78, 5) is 15.6. The van der Waals surface area contributed by atoms with Crippen LogP contribution in [0.15, 0.2) is 36.5 Å². The number of nitrogens with zero attached hydrogens (tertiary/aromatic N) is 1. The van der Waals surface area contributed by atoms with Crippen LogP contribution in [-0.4, -0.2) is 24.4 Å². The van der Waals surface area contributed by atoms with Crippen LogP contribution in [-0.2, 0) is 4.74 Å². The van der Waals surface area contributed by atoms with Crippen LogP contribution in [0.25, 0.3) is 11.3 Å². The zero-order valence-corrected chi connectivity index (χ0v) is 11.3. The first-order chi connectivity index (χ1) is 10.3. The van der Waals surface area contributed by atoms with Crippen molar-refractivity contribution in [3.05, 3.63) is 42.1 Å². The molecule has 5 nitrogen and oxygen atoms in total. The number of nitrogens with two attached hydrogens (primary N) is 1. The smallest absolute Gasteiger partial charge is 0.465 e. The van der Waals surface area contributed by atoms with Crippen molar-refractivity contribution in [2.75, 3.05) is 12.8 Å². The molecule has 2 rings (SSSR count). The number of esters is 1. The van der Waals surface area contributed by atoms with Gasteiger partial charge in [-0.3, -0.25) is 4.98 Å². The second kappa shape index (κ2) is 5.92. The molecule has 0 bridgehead atoms. The summed E-state index contributed by atoms with van der Waals surface area (Å²) in [5.74, 6) is -1.05. The first-order valence-corrected chi connectivity index (χ1v) is 6.00. The van der Waals surface area contributed by atoms with Gasteiger partial charge in [-0.15, -0.1) is 13.2 Å². The molecule has 22 heavy (non-hydrogen) atoms. The molecule has 0 aliphatic rings. The number of halogens is 3. The van der Waals surface area contributed by atoms with E-state index in [-0.39, 0.29) is 22.7 Å². The van der Waals surface area contributed by atoms with Gasteiger partial charge in [0.15, 0.2) is 0 Å². The lowest BCUT2D eigenvalue weighted by atomic mass is 10.1. The normalized spacial score (nSPS) is 11.1. The highest BCUT2D eigenvalue weighted by Crippen LogP contribution is 2.28. The quantitative estimate of drug-likeness (QED) is 0.882. The van der Waals surface area contributed by atoms with E-state index in [0.717, 1.165) is 12.1 Å². The van der Waals surface area contributed by atoms with Crippen molar-refractivity contribution < 1.29 is 27.4 Å². The van der Waals surface area contributed by atoms with Gasteiger partial charge in [-0.2, -0.15) is 0 Å². The molecule has 0 saturated heterocycles. The van der Waals surface area contributed by atoms with Crippen LogP contribution in [0.4, 0.5) is 18.9 Å². The number of aromatic nitrogens is 1.